The molecule has 2 aromatic carbocycles. The molecule has 1 atom stereocenters. The first-order chi connectivity index (χ1) is 15.3. The second-order valence-electron chi connectivity index (χ2n) is 7.61. The molecule has 3 aromatic rings. The average molecular weight is 416 g/mol. The molecule has 2 aliphatic rings. The third-order valence-electron chi connectivity index (χ3n) is 5.60. The number of ether oxygens (including phenoxy) is 2. The Balaban J connectivity index is 1.30. The van der Waals surface area contributed by atoms with E-state index in [0.717, 1.165) is 30.9 Å². The second-order valence-corrected chi connectivity index (χ2v) is 7.61. The number of carbonyl (C=O) groups excluding carboxylic acids is 1. The van der Waals surface area contributed by atoms with E-state index in [1.165, 1.54) is 5.56 Å². The van der Waals surface area contributed by atoms with Gasteiger partial charge in [0, 0.05) is 38.4 Å². The minimum Gasteiger partial charge on any atom is -0.454 e. The third kappa shape index (κ3) is 4.18. The lowest BCUT2D eigenvalue weighted by atomic mass is 10.0. The Kier molecular flexibility index (Phi) is 5.41. The number of nitrogens with one attached hydrogen (secondary N) is 2. The maximum absolute atomic E-state index is 13.0. The zero-order chi connectivity index (χ0) is 21.0. The van der Waals surface area contributed by atoms with Gasteiger partial charge in [-0.2, -0.15) is 0 Å². The Morgan fingerprint density at radius 1 is 1.10 bits per heavy atom. The van der Waals surface area contributed by atoms with Crippen molar-refractivity contribution in [3.05, 3.63) is 83.6 Å². The molecule has 0 bridgehead atoms. The monoisotopic (exact) mass is 416 g/mol. The van der Waals surface area contributed by atoms with Gasteiger partial charge in [-0.1, -0.05) is 36.4 Å². The van der Waals surface area contributed by atoms with E-state index in [2.05, 4.69) is 32.7 Å². The van der Waals surface area contributed by atoms with E-state index < -0.39 is 0 Å². The zero-order valence-corrected chi connectivity index (χ0v) is 17.1. The van der Waals surface area contributed by atoms with Crippen molar-refractivity contribution < 1.29 is 14.3 Å². The van der Waals surface area contributed by atoms with Crippen LogP contribution in [0.1, 0.15) is 27.5 Å². The average Bonchev–Trinajstić information content (AvgIpc) is 3.31. The van der Waals surface area contributed by atoms with Gasteiger partial charge >= 0.3 is 0 Å². The van der Waals surface area contributed by atoms with Crippen LogP contribution in [-0.4, -0.2) is 37.3 Å². The van der Waals surface area contributed by atoms with E-state index in [1.807, 2.05) is 42.5 Å². The Labute approximate surface area is 181 Å². The van der Waals surface area contributed by atoms with E-state index in [4.69, 9.17) is 9.47 Å². The van der Waals surface area contributed by atoms with Gasteiger partial charge in [0.05, 0.1) is 5.56 Å². The number of piperazine rings is 1. The molecule has 1 aromatic heterocycles. The summed E-state index contributed by atoms with van der Waals surface area (Å²) in [7, 11) is 0. The number of fused-ring (bicyclic) bond motifs is 1. The molecule has 1 fully saturated rings. The minimum absolute atomic E-state index is 0.143. The van der Waals surface area contributed by atoms with Gasteiger partial charge < -0.3 is 25.0 Å². The van der Waals surface area contributed by atoms with Crippen molar-refractivity contribution in [2.45, 2.75) is 12.6 Å². The van der Waals surface area contributed by atoms with Gasteiger partial charge in [-0.3, -0.25) is 4.79 Å². The molecule has 7 nitrogen and oxygen atoms in total. The van der Waals surface area contributed by atoms with E-state index in [0.29, 0.717) is 23.7 Å². The van der Waals surface area contributed by atoms with Crippen LogP contribution in [-0.2, 0) is 6.54 Å². The third-order valence-corrected chi connectivity index (χ3v) is 5.60. The van der Waals surface area contributed by atoms with Crippen molar-refractivity contribution >= 4 is 11.7 Å². The van der Waals surface area contributed by atoms with Gasteiger partial charge in [-0.05, 0) is 35.4 Å². The Morgan fingerprint density at radius 2 is 1.97 bits per heavy atom. The summed E-state index contributed by atoms with van der Waals surface area (Å²) in [4.78, 5) is 19.8. The van der Waals surface area contributed by atoms with Crippen LogP contribution in [0.5, 0.6) is 11.5 Å². The predicted molar refractivity (Wildman–Crippen MR) is 117 cm³/mol. The van der Waals surface area contributed by atoms with Crippen LogP contribution in [0.25, 0.3) is 0 Å². The number of nitrogens with zero attached hydrogens (tertiary/aromatic N) is 2. The highest BCUT2D eigenvalue weighted by atomic mass is 16.7. The van der Waals surface area contributed by atoms with Gasteiger partial charge in [0.25, 0.3) is 5.91 Å². The molecule has 158 valence electrons. The lowest BCUT2D eigenvalue weighted by Crippen LogP contribution is -2.46. The molecule has 1 amide bonds. The van der Waals surface area contributed by atoms with Crippen molar-refractivity contribution in [1.82, 2.24) is 15.6 Å². The largest absolute Gasteiger partial charge is 0.454 e. The molecule has 2 N–H and O–H groups in total. The summed E-state index contributed by atoms with van der Waals surface area (Å²) in [6, 6.07) is 19.9. The topological polar surface area (TPSA) is 75.7 Å². The smallest absolute Gasteiger partial charge is 0.255 e. The Bertz CT molecular complexity index is 1070. The molecule has 1 saturated heterocycles. The number of aromatic nitrogens is 1. The maximum Gasteiger partial charge on any atom is 0.255 e. The first-order valence-electron chi connectivity index (χ1n) is 10.4. The van der Waals surface area contributed by atoms with Crippen molar-refractivity contribution in [2.75, 3.05) is 31.3 Å². The molecule has 31 heavy (non-hydrogen) atoms. The summed E-state index contributed by atoms with van der Waals surface area (Å²) in [5.74, 6) is 2.02. The Hall–Kier alpha value is -3.58. The SMILES string of the molecule is O=C(NCc1ccc2c(c1)OCO2)c1cccnc1N1CCN[C@@H](c2ccccc2)C1. The second kappa shape index (κ2) is 8.65. The highest BCUT2D eigenvalue weighted by molar-refractivity contribution is 5.98. The fraction of sp³-hybridized carbons (Fsp3) is 0.250. The highest BCUT2D eigenvalue weighted by Gasteiger charge is 2.25. The number of rotatable bonds is 5. The molecular formula is C24H24N4O3. The number of anilines is 1. The van der Waals surface area contributed by atoms with Gasteiger partial charge in [-0.15, -0.1) is 0 Å². The first kappa shape index (κ1) is 19.4. The molecule has 5 rings (SSSR count). The molecule has 0 radical (unpaired) electrons. The van der Waals surface area contributed by atoms with Gasteiger partial charge in [-0.25, -0.2) is 4.98 Å². The molecule has 0 aliphatic carbocycles. The van der Waals surface area contributed by atoms with Gasteiger partial charge in [0.1, 0.15) is 5.82 Å². The van der Waals surface area contributed by atoms with Crippen LogP contribution in [0.15, 0.2) is 66.9 Å². The van der Waals surface area contributed by atoms with Crippen molar-refractivity contribution in [1.29, 1.82) is 0 Å². The van der Waals surface area contributed by atoms with E-state index in [-0.39, 0.29) is 18.7 Å². The molecular weight excluding hydrogens is 392 g/mol. The van der Waals surface area contributed by atoms with Gasteiger partial charge in [0.15, 0.2) is 11.5 Å². The fourth-order valence-corrected chi connectivity index (χ4v) is 4.01. The molecule has 2 aliphatic heterocycles. The van der Waals surface area contributed by atoms with Crippen LogP contribution in [0, 0.1) is 0 Å². The molecule has 3 heterocycles. The highest BCUT2D eigenvalue weighted by Crippen LogP contribution is 2.32. The summed E-state index contributed by atoms with van der Waals surface area (Å²) < 4.78 is 10.8. The number of hydrogen-bond acceptors (Lipinski definition) is 6. The molecule has 7 heteroatoms. The van der Waals surface area contributed by atoms with Gasteiger partial charge in [0.2, 0.25) is 6.79 Å². The normalized spacial score (nSPS) is 17.4. The summed E-state index contributed by atoms with van der Waals surface area (Å²) in [6.45, 7) is 3.01. The predicted octanol–water partition coefficient (Wildman–Crippen LogP) is 2.89. The van der Waals surface area contributed by atoms with Crippen LogP contribution in [0.4, 0.5) is 5.82 Å². The number of hydrogen-bond donors (Lipinski definition) is 2. The lowest BCUT2D eigenvalue weighted by Gasteiger charge is -2.35. The van der Waals surface area contributed by atoms with Crippen molar-refractivity contribution in [2.24, 2.45) is 0 Å². The van der Waals surface area contributed by atoms with Crippen LogP contribution < -0.4 is 25.0 Å². The standard InChI is InChI=1S/C24H24N4O3/c29-24(27-14-17-8-9-21-22(13-17)31-16-30-21)19-7-4-10-26-23(19)28-12-11-25-20(15-28)18-5-2-1-3-6-18/h1-10,13,20,25H,11-12,14-16H2,(H,27,29)/t20-/m1/s1. The van der Waals surface area contributed by atoms with E-state index in [1.54, 1.807) is 12.3 Å². The van der Waals surface area contributed by atoms with Crippen molar-refractivity contribution in [3.8, 4) is 11.5 Å². The molecule has 0 saturated carbocycles. The number of carbonyl (C=O) groups is 1. The van der Waals surface area contributed by atoms with Crippen LogP contribution in [0.2, 0.25) is 0 Å². The first-order valence-corrected chi connectivity index (χ1v) is 10.4. The van der Waals surface area contributed by atoms with Crippen LogP contribution in [0.3, 0.4) is 0 Å². The van der Waals surface area contributed by atoms with E-state index >= 15 is 0 Å². The number of pyridine rings is 1. The zero-order valence-electron chi connectivity index (χ0n) is 17.1. The Morgan fingerprint density at radius 3 is 2.87 bits per heavy atom. The van der Waals surface area contributed by atoms with Crippen molar-refractivity contribution in [3.63, 3.8) is 0 Å². The lowest BCUT2D eigenvalue weighted by molar-refractivity contribution is 0.0951. The summed E-state index contributed by atoms with van der Waals surface area (Å²) in [5.41, 5.74) is 2.77. The fourth-order valence-electron chi connectivity index (χ4n) is 4.01. The summed E-state index contributed by atoms with van der Waals surface area (Å²) in [5, 5.41) is 6.57. The quantitative estimate of drug-likeness (QED) is 0.666. The molecule has 0 unspecified atom stereocenters. The number of amides is 1. The number of benzene rings is 2. The summed E-state index contributed by atoms with van der Waals surface area (Å²) in [6.07, 6.45) is 1.74. The minimum atomic E-state index is -0.143. The van der Waals surface area contributed by atoms with Crippen LogP contribution >= 0.6 is 0 Å². The maximum atomic E-state index is 13.0. The van der Waals surface area contributed by atoms with E-state index in [9.17, 15) is 4.79 Å². The summed E-state index contributed by atoms with van der Waals surface area (Å²) >= 11 is 0. The molecule has 0 spiro atoms.